The molecule has 0 fully saturated rings. The van der Waals surface area contributed by atoms with E-state index in [2.05, 4.69) is 0 Å². The van der Waals surface area contributed by atoms with Crippen molar-refractivity contribution < 1.29 is 4.74 Å². The molecule has 0 aromatic rings. The van der Waals surface area contributed by atoms with Crippen molar-refractivity contribution >= 4 is 0 Å². The molecule has 9 heavy (non-hydrogen) atoms. The minimum Gasteiger partial charge on any atom is -0.380 e. The molecule has 56 valence electrons. The van der Waals surface area contributed by atoms with Crippen molar-refractivity contribution in [1.82, 2.24) is 0 Å². The molecule has 0 bridgehead atoms. The number of hydrogen-bond donors (Lipinski definition) is 2. The molecule has 0 aliphatic carbocycles. The first-order valence-electron chi connectivity index (χ1n) is 3.19. The lowest BCUT2D eigenvalue weighted by Gasteiger charge is -2.21. The van der Waals surface area contributed by atoms with Gasteiger partial charge >= 0.3 is 0 Å². The summed E-state index contributed by atoms with van der Waals surface area (Å²) in [6.07, 6.45) is 0. The molecule has 1 atom stereocenters. The van der Waals surface area contributed by atoms with Crippen molar-refractivity contribution in [2.45, 2.75) is 19.4 Å². The Bertz CT molecular complexity index is 73.5. The highest BCUT2D eigenvalue weighted by molar-refractivity contribution is 4.78. The first-order valence-corrected chi connectivity index (χ1v) is 3.19. The fourth-order valence-corrected chi connectivity index (χ4v) is 0.394. The average Bonchev–Trinajstić information content (AvgIpc) is 1.84. The Balaban J connectivity index is 3.33. The van der Waals surface area contributed by atoms with Crippen molar-refractivity contribution in [3.8, 4) is 0 Å². The number of nitrogens with two attached hydrogens (primary N) is 2. The third-order valence-corrected chi connectivity index (χ3v) is 1.10. The van der Waals surface area contributed by atoms with Crippen LogP contribution in [0.2, 0.25) is 0 Å². The Morgan fingerprint density at radius 2 is 2.11 bits per heavy atom. The molecule has 3 heteroatoms. The van der Waals surface area contributed by atoms with Crippen LogP contribution in [0.15, 0.2) is 0 Å². The standard InChI is InChI=1S/C6H16N2O/c1-3-9-5-6(2,8)4-7/h3-5,7-8H2,1-2H3. The van der Waals surface area contributed by atoms with Gasteiger partial charge in [0.1, 0.15) is 0 Å². The number of ether oxygens (including phenoxy) is 1. The highest BCUT2D eigenvalue weighted by Gasteiger charge is 2.14. The molecule has 0 spiro atoms. The quantitative estimate of drug-likeness (QED) is 0.552. The summed E-state index contributed by atoms with van der Waals surface area (Å²) in [5, 5.41) is 0. The van der Waals surface area contributed by atoms with Crippen molar-refractivity contribution in [3.63, 3.8) is 0 Å². The normalized spacial score (nSPS) is 17.3. The third-order valence-electron chi connectivity index (χ3n) is 1.10. The van der Waals surface area contributed by atoms with Crippen LogP contribution < -0.4 is 11.5 Å². The molecule has 1 unspecified atom stereocenters. The zero-order valence-electron chi connectivity index (χ0n) is 6.18. The summed E-state index contributed by atoms with van der Waals surface area (Å²) in [7, 11) is 0. The summed E-state index contributed by atoms with van der Waals surface area (Å²) in [6.45, 7) is 5.52. The molecular formula is C6H16N2O. The molecular weight excluding hydrogens is 116 g/mol. The fourth-order valence-electron chi connectivity index (χ4n) is 0.394. The number of rotatable bonds is 4. The second kappa shape index (κ2) is 3.82. The smallest absolute Gasteiger partial charge is 0.0655 e. The maximum Gasteiger partial charge on any atom is 0.0655 e. The molecule has 0 amide bonds. The van der Waals surface area contributed by atoms with Gasteiger partial charge in [-0.2, -0.15) is 0 Å². The zero-order chi connectivity index (χ0) is 7.33. The predicted molar refractivity (Wildman–Crippen MR) is 38.1 cm³/mol. The van der Waals surface area contributed by atoms with Gasteiger partial charge in [0.05, 0.1) is 6.61 Å². The molecule has 0 saturated heterocycles. The summed E-state index contributed by atoms with van der Waals surface area (Å²) in [5.41, 5.74) is 10.6. The van der Waals surface area contributed by atoms with Crippen LogP contribution in [0.1, 0.15) is 13.8 Å². The molecule has 0 aliphatic rings. The molecule has 0 rings (SSSR count). The van der Waals surface area contributed by atoms with Gasteiger partial charge in [-0.3, -0.25) is 0 Å². The van der Waals surface area contributed by atoms with E-state index in [0.29, 0.717) is 19.8 Å². The molecule has 0 aromatic carbocycles. The van der Waals surface area contributed by atoms with E-state index in [1.807, 2.05) is 13.8 Å². The van der Waals surface area contributed by atoms with Crippen LogP contribution in [-0.4, -0.2) is 25.3 Å². The third kappa shape index (κ3) is 4.39. The summed E-state index contributed by atoms with van der Waals surface area (Å²) in [5.74, 6) is 0. The predicted octanol–water partition coefficient (Wildman–Crippen LogP) is -0.301. The minimum absolute atomic E-state index is 0.351. The van der Waals surface area contributed by atoms with Gasteiger partial charge in [-0.25, -0.2) is 0 Å². The Hall–Kier alpha value is -0.120. The van der Waals surface area contributed by atoms with E-state index in [0.717, 1.165) is 0 Å². The van der Waals surface area contributed by atoms with E-state index in [-0.39, 0.29) is 5.54 Å². The lowest BCUT2D eigenvalue weighted by molar-refractivity contribution is 0.104. The van der Waals surface area contributed by atoms with Crippen LogP contribution in [0, 0.1) is 0 Å². The van der Waals surface area contributed by atoms with Crippen molar-refractivity contribution in [3.05, 3.63) is 0 Å². The van der Waals surface area contributed by atoms with Crippen LogP contribution in [-0.2, 0) is 4.74 Å². The highest BCUT2D eigenvalue weighted by atomic mass is 16.5. The summed E-state index contributed by atoms with van der Waals surface area (Å²) in [4.78, 5) is 0. The van der Waals surface area contributed by atoms with Crippen LogP contribution in [0.3, 0.4) is 0 Å². The van der Waals surface area contributed by atoms with Gasteiger partial charge in [0.2, 0.25) is 0 Å². The van der Waals surface area contributed by atoms with Crippen molar-refractivity contribution in [2.24, 2.45) is 11.5 Å². The van der Waals surface area contributed by atoms with Gasteiger partial charge in [0.25, 0.3) is 0 Å². The average molecular weight is 132 g/mol. The first kappa shape index (κ1) is 8.88. The van der Waals surface area contributed by atoms with Crippen LogP contribution in [0.25, 0.3) is 0 Å². The maximum atomic E-state index is 5.65. The maximum absolute atomic E-state index is 5.65. The van der Waals surface area contributed by atoms with Crippen molar-refractivity contribution in [2.75, 3.05) is 19.8 Å². The van der Waals surface area contributed by atoms with Crippen LogP contribution in [0.5, 0.6) is 0 Å². The molecule has 0 heterocycles. The molecule has 0 saturated carbocycles. The molecule has 3 nitrogen and oxygen atoms in total. The Morgan fingerprint density at radius 1 is 1.56 bits per heavy atom. The second-order valence-electron chi connectivity index (χ2n) is 2.50. The van der Waals surface area contributed by atoms with E-state index in [1.54, 1.807) is 0 Å². The van der Waals surface area contributed by atoms with E-state index >= 15 is 0 Å². The summed E-state index contributed by atoms with van der Waals surface area (Å²) in [6, 6.07) is 0. The van der Waals surface area contributed by atoms with E-state index in [9.17, 15) is 0 Å². The zero-order valence-corrected chi connectivity index (χ0v) is 6.18. The number of hydrogen-bond acceptors (Lipinski definition) is 3. The molecule has 0 aromatic heterocycles. The summed E-state index contributed by atoms with van der Waals surface area (Å²) >= 11 is 0. The SMILES string of the molecule is CCOCC(C)(N)CN. The Labute approximate surface area is 56.4 Å². The molecule has 0 radical (unpaired) electrons. The minimum atomic E-state index is -0.351. The van der Waals surface area contributed by atoms with Gasteiger partial charge < -0.3 is 16.2 Å². The van der Waals surface area contributed by atoms with Crippen molar-refractivity contribution in [1.29, 1.82) is 0 Å². The van der Waals surface area contributed by atoms with Gasteiger partial charge in [0, 0.05) is 18.7 Å². The topological polar surface area (TPSA) is 61.3 Å². The van der Waals surface area contributed by atoms with Gasteiger partial charge in [0.15, 0.2) is 0 Å². The van der Waals surface area contributed by atoms with Gasteiger partial charge in [-0.05, 0) is 13.8 Å². The van der Waals surface area contributed by atoms with Crippen LogP contribution in [0.4, 0.5) is 0 Å². The Morgan fingerprint density at radius 3 is 2.44 bits per heavy atom. The van der Waals surface area contributed by atoms with E-state index in [1.165, 1.54) is 0 Å². The lowest BCUT2D eigenvalue weighted by atomic mass is 10.1. The van der Waals surface area contributed by atoms with Crippen LogP contribution >= 0.6 is 0 Å². The fraction of sp³-hybridized carbons (Fsp3) is 1.00. The molecule has 0 aliphatic heterocycles. The molecule has 4 N–H and O–H groups in total. The van der Waals surface area contributed by atoms with Gasteiger partial charge in [-0.15, -0.1) is 0 Å². The first-order chi connectivity index (χ1) is 4.12. The monoisotopic (exact) mass is 132 g/mol. The van der Waals surface area contributed by atoms with E-state index < -0.39 is 0 Å². The van der Waals surface area contributed by atoms with E-state index in [4.69, 9.17) is 16.2 Å². The van der Waals surface area contributed by atoms with Gasteiger partial charge in [-0.1, -0.05) is 0 Å². The largest absolute Gasteiger partial charge is 0.380 e. The highest BCUT2D eigenvalue weighted by Crippen LogP contribution is 1.95. The summed E-state index contributed by atoms with van der Waals surface area (Å²) < 4.78 is 5.08. The second-order valence-corrected chi connectivity index (χ2v) is 2.50. The Kier molecular flexibility index (Phi) is 3.77. The lowest BCUT2D eigenvalue weighted by Crippen LogP contribution is -2.48.